The van der Waals surface area contributed by atoms with E-state index >= 15 is 0 Å². The van der Waals surface area contributed by atoms with Gasteiger partial charge >= 0.3 is 0 Å². The van der Waals surface area contributed by atoms with E-state index in [9.17, 15) is 0 Å². The van der Waals surface area contributed by atoms with Gasteiger partial charge in [0.25, 0.3) is 0 Å². The molecule has 0 saturated heterocycles. The van der Waals surface area contributed by atoms with Gasteiger partial charge in [0.05, 0.1) is 7.11 Å². The Balaban J connectivity index is 2.01. The van der Waals surface area contributed by atoms with E-state index in [-0.39, 0.29) is 6.04 Å². The number of ether oxygens (including phenoxy) is 1. The minimum absolute atomic E-state index is 0.0265. The van der Waals surface area contributed by atoms with Crippen LogP contribution in [0, 0.1) is 6.92 Å². The van der Waals surface area contributed by atoms with Crippen LogP contribution in [0.5, 0.6) is 5.75 Å². The number of nitrogens with two attached hydrogens (primary N) is 1. The fourth-order valence-electron chi connectivity index (χ4n) is 2.31. The lowest BCUT2D eigenvalue weighted by atomic mass is 9.98. The van der Waals surface area contributed by atoms with E-state index in [0.29, 0.717) is 0 Å². The molecule has 0 aliphatic rings. The maximum absolute atomic E-state index is 6.27. The van der Waals surface area contributed by atoms with Crippen molar-refractivity contribution in [3.05, 3.63) is 64.2 Å². The zero-order chi connectivity index (χ0) is 14.5. The average Bonchev–Trinajstić information content (AvgIpc) is 2.44. The van der Waals surface area contributed by atoms with Gasteiger partial charge in [-0.05, 0) is 54.7 Å². The minimum atomic E-state index is 0.0265. The maximum atomic E-state index is 6.27. The second-order valence-electron chi connectivity index (χ2n) is 5.00. The van der Waals surface area contributed by atoms with Crippen LogP contribution in [0.25, 0.3) is 0 Å². The SMILES string of the molecule is COc1ccc(C(N)CCc2cccc(Cl)c2)cc1C. The third-order valence-electron chi connectivity index (χ3n) is 3.48. The van der Waals surface area contributed by atoms with Crippen LogP contribution in [0.2, 0.25) is 5.02 Å². The highest BCUT2D eigenvalue weighted by atomic mass is 35.5. The first kappa shape index (κ1) is 14.9. The molecule has 0 radical (unpaired) electrons. The molecule has 1 unspecified atom stereocenters. The Kier molecular flexibility index (Phi) is 5.05. The summed E-state index contributed by atoms with van der Waals surface area (Å²) in [5.74, 6) is 0.899. The van der Waals surface area contributed by atoms with Crippen LogP contribution in [0.15, 0.2) is 42.5 Å². The zero-order valence-corrected chi connectivity index (χ0v) is 12.7. The molecule has 2 nitrogen and oxygen atoms in total. The van der Waals surface area contributed by atoms with Crippen molar-refractivity contribution in [3.8, 4) is 5.75 Å². The lowest BCUT2D eigenvalue weighted by Crippen LogP contribution is -2.11. The van der Waals surface area contributed by atoms with E-state index in [0.717, 1.165) is 34.7 Å². The number of aryl methyl sites for hydroxylation is 2. The monoisotopic (exact) mass is 289 g/mol. The number of hydrogen-bond donors (Lipinski definition) is 1. The van der Waals surface area contributed by atoms with Crippen LogP contribution in [0.4, 0.5) is 0 Å². The van der Waals surface area contributed by atoms with E-state index < -0.39 is 0 Å². The summed E-state index contributed by atoms with van der Waals surface area (Å²) in [6, 6.07) is 14.1. The quantitative estimate of drug-likeness (QED) is 0.891. The summed E-state index contributed by atoms with van der Waals surface area (Å²) in [6.07, 6.45) is 1.82. The number of halogens is 1. The van der Waals surface area contributed by atoms with Crippen molar-refractivity contribution in [2.75, 3.05) is 7.11 Å². The summed E-state index contributed by atoms with van der Waals surface area (Å²) < 4.78 is 5.27. The van der Waals surface area contributed by atoms with Gasteiger partial charge in [-0.25, -0.2) is 0 Å². The first-order valence-electron chi connectivity index (χ1n) is 6.74. The topological polar surface area (TPSA) is 35.2 Å². The van der Waals surface area contributed by atoms with Crippen molar-refractivity contribution >= 4 is 11.6 Å². The van der Waals surface area contributed by atoms with Gasteiger partial charge in [-0.3, -0.25) is 0 Å². The third kappa shape index (κ3) is 3.75. The van der Waals surface area contributed by atoms with Crippen LogP contribution < -0.4 is 10.5 Å². The summed E-state index contributed by atoms with van der Waals surface area (Å²) in [4.78, 5) is 0. The highest BCUT2D eigenvalue weighted by Gasteiger charge is 2.08. The molecule has 0 aliphatic heterocycles. The van der Waals surface area contributed by atoms with Gasteiger partial charge in [0.15, 0.2) is 0 Å². The van der Waals surface area contributed by atoms with Crippen LogP contribution in [-0.4, -0.2) is 7.11 Å². The number of methoxy groups -OCH3 is 1. The lowest BCUT2D eigenvalue weighted by Gasteiger charge is -2.14. The molecule has 0 fully saturated rings. The van der Waals surface area contributed by atoms with Gasteiger partial charge in [-0.15, -0.1) is 0 Å². The molecule has 0 aromatic heterocycles. The molecule has 2 rings (SSSR count). The molecule has 2 N–H and O–H groups in total. The molecule has 2 aromatic carbocycles. The van der Waals surface area contributed by atoms with Crippen molar-refractivity contribution < 1.29 is 4.74 Å². The Morgan fingerprint density at radius 1 is 1.20 bits per heavy atom. The molecule has 0 bridgehead atoms. The van der Waals surface area contributed by atoms with Gasteiger partial charge in [0.2, 0.25) is 0 Å². The fraction of sp³-hybridized carbons (Fsp3) is 0.294. The summed E-state index contributed by atoms with van der Waals surface area (Å²) in [5.41, 5.74) is 9.75. The van der Waals surface area contributed by atoms with E-state index in [4.69, 9.17) is 22.1 Å². The molecule has 3 heteroatoms. The van der Waals surface area contributed by atoms with Gasteiger partial charge in [-0.2, -0.15) is 0 Å². The summed E-state index contributed by atoms with van der Waals surface area (Å²) >= 11 is 5.99. The van der Waals surface area contributed by atoms with Crippen LogP contribution in [0.3, 0.4) is 0 Å². The Bertz CT molecular complexity index is 583. The zero-order valence-electron chi connectivity index (χ0n) is 11.9. The molecule has 0 saturated carbocycles. The normalized spacial score (nSPS) is 12.2. The predicted octanol–water partition coefficient (Wildman–Crippen LogP) is 4.29. The highest BCUT2D eigenvalue weighted by molar-refractivity contribution is 6.30. The van der Waals surface area contributed by atoms with E-state index in [1.807, 2.05) is 37.3 Å². The molecule has 0 heterocycles. The summed E-state index contributed by atoms with van der Waals surface area (Å²) in [6.45, 7) is 2.03. The molecule has 0 aliphatic carbocycles. The minimum Gasteiger partial charge on any atom is -0.496 e. The molecule has 0 spiro atoms. The van der Waals surface area contributed by atoms with E-state index in [1.54, 1.807) is 7.11 Å². The van der Waals surface area contributed by atoms with Crippen LogP contribution >= 0.6 is 11.6 Å². The molecule has 106 valence electrons. The van der Waals surface area contributed by atoms with E-state index in [2.05, 4.69) is 12.1 Å². The molecule has 1 atom stereocenters. The van der Waals surface area contributed by atoms with Gasteiger partial charge < -0.3 is 10.5 Å². The van der Waals surface area contributed by atoms with Crippen molar-refractivity contribution in [1.29, 1.82) is 0 Å². The Hall–Kier alpha value is -1.51. The molecular weight excluding hydrogens is 270 g/mol. The molecular formula is C17H20ClNO. The summed E-state index contributed by atoms with van der Waals surface area (Å²) in [5, 5.41) is 0.774. The van der Waals surface area contributed by atoms with Crippen LogP contribution in [0.1, 0.15) is 29.2 Å². The first-order valence-corrected chi connectivity index (χ1v) is 7.12. The van der Waals surface area contributed by atoms with Crippen molar-refractivity contribution in [2.45, 2.75) is 25.8 Å². The molecule has 2 aromatic rings. The molecule has 0 amide bonds. The van der Waals surface area contributed by atoms with Crippen LogP contribution in [-0.2, 0) is 6.42 Å². The number of rotatable bonds is 5. The standard InChI is InChI=1S/C17H20ClNO/c1-12-10-14(7-9-17(12)20-2)16(19)8-6-13-4-3-5-15(18)11-13/h3-5,7,9-11,16H,6,8,19H2,1-2H3. The van der Waals surface area contributed by atoms with Gasteiger partial charge in [0, 0.05) is 11.1 Å². The smallest absolute Gasteiger partial charge is 0.121 e. The lowest BCUT2D eigenvalue weighted by molar-refractivity contribution is 0.411. The Morgan fingerprint density at radius 2 is 2.00 bits per heavy atom. The molecule has 20 heavy (non-hydrogen) atoms. The predicted molar refractivity (Wildman–Crippen MR) is 84.4 cm³/mol. The van der Waals surface area contributed by atoms with Crippen molar-refractivity contribution in [3.63, 3.8) is 0 Å². The average molecular weight is 290 g/mol. The number of benzene rings is 2. The Labute approximate surface area is 125 Å². The highest BCUT2D eigenvalue weighted by Crippen LogP contribution is 2.24. The van der Waals surface area contributed by atoms with E-state index in [1.165, 1.54) is 5.56 Å². The number of hydrogen-bond acceptors (Lipinski definition) is 2. The second kappa shape index (κ2) is 6.78. The maximum Gasteiger partial charge on any atom is 0.121 e. The second-order valence-corrected chi connectivity index (χ2v) is 5.44. The fourth-order valence-corrected chi connectivity index (χ4v) is 2.53. The van der Waals surface area contributed by atoms with Crippen molar-refractivity contribution in [1.82, 2.24) is 0 Å². The first-order chi connectivity index (χ1) is 9.60. The Morgan fingerprint density at radius 3 is 2.65 bits per heavy atom. The largest absolute Gasteiger partial charge is 0.496 e. The van der Waals surface area contributed by atoms with Gasteiger partial charge in [0.1, 0.15) is 5.75 Å². The van der Waals surface area contributed by atoms with Crippen molar-refractivity contribution in [2.24, 2.45) is 5.73 Å². The third-order valence-corrected chi connectivity index (χ3v) is 3.72. The summed E-state index contributed by atoms with van der Waals surface area (Å²) in [7, 11) is 1.68. The van der Waals surface area contributed by atoms with Gasteiger partial charge in [-0.1, -0.05) is 35.9 Å².